The van der Waals surface area contributed by atoms with E-state index in [2.05, 4.69) is 26.0 Å². The average Bonchev–Trinajstić information content (AvgIpc) is 2.37. The van der Waals surface area contributed by atoms with Crippen molar-refractivity contribution in [1.82, 2.24) is 0 Å². The molecule has 0 saturated heterocycles. The van der Waals surface area contributed by atoms with Crippen LogP contribution in [0.3, 0.4) is 0 Å². The molecular weight excluding hydrogens is 251 g/mol. The van der Waals surface area contributed by atoms with Gasteiger partial charge in [-0.3, -0.25) is 0 Å². The van der Waals surface area contributed by atoms with E-state index >= 15 is 0 Å². The third kappa shape index (κ3) is 4.52. The van der Waals surface area contributed by atoms with Crippen LogP contribution in [0.15, 0.2) is 24.3 Å². The minimum absolute atomic E-state index is 0.255. The van der Waals surface area contributed by atoms with Crippen molar-refractivity contribution >= 4 is 23.2 Å². The van der Waals surface area contributed by atoms with Gasteiger partial charge >= 0.3 is 0 Å². The minimum atomic E-state index is 0.255. The van der Waals surface area contributed by atoms with Gasteiger partial charge in [0.1, 0.15) is 0 Å². The molecular formula is C15H22Cl2. The monoisotopic (exact) mass is 272 g/mol. The van der Waals surface area contributed by atoms with Gasteiger partial charge in [-0.25, -0.2) is 0 Å². The van der Waals surface area contributed by atoms with Crippen molar-refractivity contribution in [3.63, 3.8) is 0 Å². The Morgan fingerprint density at radius 3 is 2.24 bits per heavy atom. The molecule has 1 unspecified atom stereocenters. The first-order valence-electron chi connectivity index (χ1n) is 6.46. The SMILES string of the molecule is CCCCC(CC)(CCl)Cc1ccc(Cl)cc1. The van der Waals surface area contributed by atoms with Gasteiger partial charge in [0.15, 0.2) is 0 Å². The molecule has 0 aliphatic carbocycles. The van der Waals surface area contributed by atoms with E-state index in [1.165, 1.54) is 24.8 Å². The maximum absolute atomic E-state index is 6.22. The molecule has 0 bridgehead atoms. The van der Waals surface area contributed by atoms with Crippen LogP contribution < -0.4 is 0 Å². The molecule has 96 valence electrons. The predicted octanol–water partition coefficient (Wildman–Crippen LogP) is 5.71. The average molecular weight is 273 g/mol. The molecule has 0 amide bonds. The van der Waals surface area contributed by atoms with Crippen LogP contribution in [0.1, 0.15) is 45.1 Å². The number of hydrogen-bond donors (Lipinski definition) is 0. The first-order valence-corrected chi connectivity index (χ1v) is 7.37. The highest BCUT2D eigenvalue weighted by molar-refractivity contribution is 6.30. The molecule has 0 fully saturated rings. The van der Waals surface area contributed by atoms with Crippen molar-refractivity contribution < 1.29 is 0 Å². The minimum Gasteiger partial charge on any atom is -0.126 e. The summed E-state index contributed by atoms with van der Waals surface area (Å²) in [6.07, 6.45) is 5.91. The highest BCUT2D eigenvalue weighted by Gasteiger charge is 2.26. The Morgan fingerprint density at radius 1 is 1.12 bits per heavy atom. The fourth-order valence-electron chi connectivity index (χ4n) is 2.19. The summed E-state index contributed by atoms with van der Waals surface area (Å²) in [5.41, 5.74) is 1.60. The van der Waals surface area contributed by atoms with E-state index in [0.29, 0.717) is 0 Å². The van der Waals surface area contributed by atoms with E-state index in [1.54, 1.807) is 0 Å². The van der Waals surface area contributed by atoms with Crippen LogP contribution >= 0.6 is 23.2 Å². The Labute approximate surface area is 115 Å². The molecule has 0 saturated carbocycles. The third-order valence-electron chi connectivity index (χ3n) is 3.59. The molecule has 0 spiro atoms. The second-order valence-corrected chi connectivity index (χ2v) is 5.60. The second kappa shape index (κ2) is 7.28. The van der Waals surface area contributed by atoms with Crippen molar-refractivity contribution in [2.24, 2.45) is 5.41 Å². The Morgan fingerprint density at radius 2 is 1.76 bits per heavy atom. The number of hydrogen-bond acceptors (Lipinski definition) is 0. The lowest BCUT2D eigenvalue weighted by Gasteiger charge is -2.31. The van der Waals surface area contributed by atoms with Crippen molar-refractivity contribution in [2.45, 2.75) is 46.0 Å². The van der Waals surface area contributed by atoms with Gasteiger partial charge in [-0.1, -0.05) is 50.4 Å². The quantitative estimate of drug-likeness (QED) is 0.558. The van der Waals surface area contributed by atoms with E-state index in [9.17, 15) is 0 Å². The van der Waals surface area contributed by atoms with Crippen molar-refractivity contribution in [3.05, 3.63) is 34.9 Å². The zero-order chi connectivity index (χ0) is 12.7. The standard InChI is InChI=1S/C15H22Cl2/c1-3-5-10-15(4-2,12-16)11-13-6-8-14(17)9-7-13/h6-9H,3-5,10-12H2,1-2H3. The van der Waals surface area contributed by atoms with Crippen molar-refractivity contribution in [1.29, 1.82) is 0 Å². The molecule has 1 rings (SSSR count). The molecule has 0 nitrogen and oxygen atoms in total. The van der Waals surface area contributed by atoms with Gasteiger partial charge in [-0.15, -0.1) is 11.6 Å². The fourth-order valence-corrected chi connectivity index (χ4v) is 2.73. The van der Waals surface area contributed by atoms with Gasteiger partial charge in [0, 0.05) is 10.9 Å². The van der Waals surface area contributed by atoms with Crippen LogP contribution in [-0.2, 0) is 6.42 Å². The summed E-state index contributed by atoms with van der Waals surface area (Å²) in [5.74, 6) is 0.742. The van der Waals surface area contributed by atoms with Crippen LogP contribution in [0.4, 0.5) is 0 Å². The van der Waals surface area contributed by atoms with Gasteiger partial charge in [0.25, 0.3) is 0 Å². The molecule has 1 aromatic carbocycles. The lowest BCUT2D eigenvalue weighted by Crippen LogP contribution is -2.25. The van der Waals surface area contributed by atoms with Crippen LogP contribution in [0.2, 0.25) is 5.02 Å². The molecule has 1 aromatic rings. The van der Waals surface area contributed by atoms with Crippen LogP contribution in [0.5, 0.6) is 0 Å². The number of alkyl halides is 1. The molecule has 0 heterocycles. The highest BCUT2D eigenvalue weighted by Crippen LogP contribution is 2.34. The summed E-state index contributed by atoms with van der Waals surface area (Å²) in [6.45, 7) is 4.48. The third-order valence-corrected chi connectivity index (χ3v) is 4.41. The maximum atomic E-state index is 6.22. The van der Waals surface area contributed by atoms with Crippen LogP contribution in [0.25, 0.3) is 0 Å². The summed E-state index contributed by atoms with van der Waals surface area (Å²) < 4.78 is 0. The summed E-state index contributed by atoms with van der Waals surface area (Å²) in [6, 6.07) is 8.16. The topological polar surface area (TPSA) is 0 Å². The van der Waals surface area contributed by atoms with Gasteiger partial charge in [-0.05, 0) is 42.4 Å². The summed E-state index contributed by atoms with van der Waals surface area (Å²) >= 11 is 12.1. The molecule has 0 aromatic heterocycles. The normalized spacial score (nSPS) is 14.6. The molecule has 1 atom stereocenters. The Bertz CT molecular complexity index is 312. The zero-order valence-corrected chi connectivity index (χ0v) is 12.3. The van der Waals surface area contributed by atoms with E-state index < -0.39 is 0 Å². The van der Waals surface area contributed by atoms with E-state index in [4.69, 9.17) is 23.2 Å². The van der Waals surface area contributed by atoms with E-state index in [-0.39, 0.29) is 5.41 Å². The van der Waals surface area contributed by atoms with Crippen molar-refractivity contribution in [2.75, 3.05) is 5.88 Å². The first-order chi connectivity index (χ1) is 8.15. The second-order valence-electron chi connectivity index (χ2n) is 4.89. The number of benzene rings is 1. The lowest BCUT2D eigenvalue weighted by molar-refractivity contribution is 0.279. The molecule has 17 heavy (non-hydrogen) atoms. The Balaban J connectivity index is 2.74. The summed E-state index contributed by atoms with van der Waals surface area (Å²) in [4.78, 5) is 0. The van der Waals surface area contributed by atoms with Crippen molar-refractivity contribution in [3.8, 4) is 0 Å². The predicted molar refractivity (Wildman–Crippen MR) is 78.1 cm³/mol. The van der Waals surface area contributed by atoms with Crippen LogP contribution in [-0.4, -0.2) is 5.88 Å². The zero-order valence-electron chi connectivity index (χ0n) is 10.8. The molecule has 0 aliphatic heterocycles. The van der Waals surface area contributed by atoms with E-state index in [1.807, 2.05) is 12.1 Å². The molecule has 0 radical (unpaired) electrons. The Kier molecular flexibility index (Phi) is 6.37. The highest BCUT2D eigenvalue weighted by atomic mass is 35.5. The fraction of sp³-hybridized carbons (Fsp3) is 0.600. The smallest absolute Gasteiger partial charge is 0.0406 e. The Hall–Kier alpha value is -0.200. The maximum Gasteiger partial charge on any atom is 0.0406 e. The van der Waals surface area contributed by atoms with Gasteiger partial charge in [0.05, 0.1) is 0 Å². The largest absolute Gasteiger partial charge is 0.126 e. The van der Waals surface area contributed by atoms with Gasteiger partial charge < -0.3 is 0 Å². The van der Waals surface area contributed by atoms with Gasteiger partial charge in [-0.2, -0.15) is 0 Å². The van der Waals surface area contributed by atoms with Crippen LogP contribution in [0, 0.1) is 5.41 Å². The number of rotatable bonds is 7. The summed E-state index contributed by atoms with van der Waals surface area (Å²) in [5, 5.41) is 0.801. The lowest BCUT2D eigenvalue weighted by atomic mass is 9.77. The molecule has 2 heteroatoms. The van der Waals surface area contributed by atoms with Gasteiger partial charge in [0.2, 0.25) is 0 Å². The number of unbranched alkanes of at least 4 members (excludes halogenated alkanes) is 1. The number of halogens is 2. The summed E-state index contributed by atoms with van der Waals surface area (Å²) in [7, 11) is 0. The van der Waals surface area contributed by atoms with E-state index in [0.717, 1.165) is 23.7 Å². The molecule has 0 aliphatic rings. The molecule has 0 N–H and O–H groups in total. The first kappa shape index (κ1) is 14.9.